The standard InChI is InChI=1S/C16H22BrN3/c1-11-3-8-15-9-18-16(20(15)10-11)19-12(2)13-4-6-14(17)7-5-13/h4-7,11-12,15H,3,8-10H2,1-2H3,(H,18,19)/t11?,12-,15?/m0/s1. The van der Waals surface area contributed by atoms with Gasteiger partial charge in [-0.2, -0.15) is 0 Å². The molecule has 1 aromatic carbocycles. The summed E-state index contributed by atoms with van der Waals surface area (Å²) in [4.78, 5) is 7.20. The zero-order valence-corrected chi connectivity index (χ0v) is 13.7. The molecule has 3 nitrogen and oxygen atoms in total. The van der Waals surface area contributed by atoms with Gasteiger partial charge in [0.1, 0.15) is 0 Å². The number of hydrogen-bond donors (Lipinski definition) is 1. The highest BCUT2D eigenvalue weighted by Crippen LogP contribution is 2.26. The minimum absolute atomic E-state index is 0.290. The summed E-state index contributed by atoms with van der Waals surface area (Å²) in [5.41, 5.74) is 1.30. The van der Waals surface area contributed by atoms with Crippen LogP contribution in [-0.4, -0.2) is 30.0 Å². The molecule has 0 aliphatic carbocycles. The van der Waals surface area contributed by atoms with E-state index in [2.05, 4.69) is 64.3 Å². The van der Waals surface area contributed by atoms with Gasteiger partial charge in [-0.25, -0.2) is 0 Å². The molecule has 0 saturated carbocycles. The van der Waals surface area contributed by atoms with Crippen LogP contribution in [-0.2, 0) is 0 Å². The second kappa shape index (κ2) is 5.76. The normalized spacial score (nSPS) is 26.9. The summed E-state index contributed by atoms with van der Waals surface area (Å²) in [6.07, 6.45) is 2.62. The van der Waals surface area contributed by atoms with Gasteiger partial charge in [-0.3, -0.25) is 4.99 Å². The zero-order chi connectivity index (χ0) is 14.1. The van der Waals surface area contributed by atoms with Gasteiger partial charge in [-0.15, -0.1) is 0 Å². The smallest absolute Gasteiger partial charge is 0.194 e. The molecular weight excluding hydrogens is 314 g/mol. The first-order valence-corrected chi connectivity index (χ1v) is 8.26. The molecular formula is C16H22BrN3. The van der Waals surface area contributed by atoms with Crippen molar-refractivity contribution in [2.45, 2.75) is 38.8 Å². The molecule has 0 bridgehead atoms. The fourth-order valence-corrected chi connectivity index (χ4v) is 3.36. The third-order valence-electron chi connectivity index (χ3n) is 4.38. The lowest BCUT2D eigenvalue weighted by Crippen LogP contribution is -2.48. The van der Waals surface area contributed by atoms with Crippen molar-refractivity contribution in [3.63, 3.8) is 0 Å². The van der Waals surface area contributed by atoms with Crippen molar-refractivity contribution in [3.8, 4) is 0 Å². The number of rotatable bonds is 2. The van der Waals surface area contributed by atoms with Crippen molar-refractivity contribution < 1.29 is 0 Å². The van der Waals surface area contributed by atoms with Crippen LogP contribution in [0.4, 0.5) is 0 Å². The molecule has 3 rings (SSSR count). The predicted octanol–water partition coefficient (Wildman–Crippen LogP) is 3.57. The van der Waals surface area contributed by atoms with Crippen LogP contribution in [0, 0.1) is 5.92 Å². The second-order valence-electron chi connectivity index (χ2n) is 6.07. The highest BCUT2D eigenvalue weighted by atomic mass is 79.9. The average Bonchev–Trinajstić information content (AvgIpc) is 2.82. The van der Waals surface area contributed by atoms with Gasteiger partial charge in [0.15, 0.2) is 5.96 Å². The SMILES string of the molecule is CC1CCC2CN=C(N[C@@H](C)c3ccc(Br)cc3)N2C1. The van der Waals surface area contributed by atoms with Gasteiger partial charge in [-0.1, -0.05) is 35.0 Å². The van der Waals surface area contributed by atoms with Gasteiger partial charge in [0.25, 0.3) is 0 Å². The van der Waals surface area contributed by atoms with E-state index in [0.29, 0.717) is 6.04 Å². The van der Waals surface area contributed by atoms with Crippen molar-refractivity contribution >= 4 is 21.9 Å². The predicted molar refractivity (Wildman–Crippen MR) is 86.9 cm³/mol. The molecule has 0 spiro atoms. The van der Waals surface area contributed by atoms with Crippen molar-refractivity contribution in [1.82, 2.24) is 10.2 Å². The molecule has 1 N–H and O–H groups in total. The van der Waals surface area contributed by atoms with E-state index < -0.39 is 0 Å². The van der Waals surface area contributed by atoms with E-state index >= 15 is 0 Å². The maximum Gasteiger partial charge on any atom is 0.194 e. The Bertz CT molecular complexity index is 497. The quantitative estimate of drug-likeness (QED) is 0.894. The number of benzene rings is 1. The zero-order valence-electron chi connectivity index (χ0n) is 12.1. The fraction of sp³-hybridized carbons (Fsp3) is 0.562. The van der Waals surface area contributed by atoms with Crippen LogP contribution in [0.2, 0.25) is 0 Å². The number of nitrogens with zero attached hydrogens (tertiary/aromatic N) is 2. The van der Waals surface area contributed by atoms with Crippen LogP contribution in [0.15, 0.2) is 33.7 Å². The van der Waals surface area contributed by atoms with Crippen LogP contribution < -0.4 is 5.32 Å². The number of piperidine rings is 1. The molecule has 0 aromatic heterocycles. The third-order valence-corrected chi connectivity index (χ3v) is 4.91. The van der Waals surface area contributed by atoms with E-state index in [0.717, 1.165) is 29.4 Å². The van der Waals surface area contributed by atoms with Gasteiger partial charge in [0.05, 0.1) is 18.6 Å². The Hall–Kier alpha value is -1.03. The first-order chi connectivity index (χ1) is 9.63. The Labute approximate surface area is 129 Å². The molecule has 108 valence electrons. The Kier molecular flexibility index (Phi) is 4.01. The Balaban J connectivity index is 1.67. The number of nitrogens with one attached hydrogen (secondary N) is 1. The van der Waals surface area contributed by atoms with Crippen molar-refractivity contribution in [3.05, 3.63) is 34.3 Å². The van der Waals surface area contributed by atoms with Crippen molar-refractivity contribution in [2.75, 3.05) is 13.1 Å². The number of halogens is 1. The lowest BCUT2D eigenvalue weighted by Gasteiger charge is -2.36. The number of guanidine groups is 1. The molecule has 1 aromatic rings. The minimum Gasteiger partial charge on any atom is -0.350 e. The number of aliphatic imine (C=N–C) groups is 1. The molecule has 3 atom stereocenters. The maximum absolute atomic E-state index is 4.72. The summed E-state index contributed by atoms with van der Waals surface area (Å²) in [5.74, 6) is 1.87. The molecule has 4 heteroatoms. The van der Waals surface area contributed by atoms with E-state index in [4.69, 9.17) is 4.99 Å². The van der Waals surface area contributed by atoms with Crippen LogP contribution >= 0.6 is 15.9 Å². The molecule has 1 fully saturated rings. The van der Waals surface area contributed by atoms with Crippen LogP contribution in [0.5, 0.6) is 0 Å². The molecule has 2 heterocycles. The average molecular weight is 336 g/mol. The number of hydrogen-bond acceptors (Lipinski definition) is 3. The van der Waals surface area contributed by atoms with E-state index in [-0.39, 0.29) is 6.04 Å². The van der Waals surface area contributed by atoms with Crippen LogP contribution in [0.3, 0.4) is 0 Å². The first-order valence-electron chi connectivity index (χ1n) is 7.46. The molecule has 20 heavy (non-hydrogen) atoms. The lowest BCUT2D eigenvalue weighted by molar-refractivity contribution is 0.210. The summed E-state index contributed by atoms with van der Waals surface area (Å²) in [6, 6.07) is 9.43. The highest BCUT2D eigenvalue weighted by molar-refractivity contribution is 9.10. The molecule has 0 radical (unpaired) electrons. The van der Waals surface area contributed by atoms with Gasteiger partial charge in [-0.05, 0) is 43.4 Å². The second-order valence-corrected chi connectivity index (χ2v) is 6.99. The van der Waals surface area contributed by atoms with Gasteiger partial charge >= 0.3 is 0 Å². The topological polar surface area (TPSA) is 27.6 Å². The van der Waals surface area contributed by atoms with Crippen LogP contribution in [0.1, 0.15) is 38.3 Å². The summed E-state index contributed by atoms with van der Waals surface area (Å²) >= 11 is 3.48. The fourth-order valence-electron chi connectivity index (χ4n) is 3.10. The van der Waals surface area contributed by atoms with E-state index in [1.165, 1.54) is 18.4 Å². The molecule has 1 saturated heterocycles. The van der Waals surface area contributed by atoms with E-state index in [9.17, 15) is 0 Å². The van der Waals surface area contributed by atoms with Crippen molar-refractivity contribution in [1.29, 1.82) is 0 Å². The molecule has 2 aliphatic heterocycles. The third kappa shape index (κ3) is 2.85. The van der Waals surface area contributed by atoms with Gasteiger partial charge in [0.2, 0.25) is 0 Å². The van der Waals surface area contributed by atoms with E-state index in [1.54, 1.807) is 0 Å². The summed E-state index contributed by atoms with van der Waals surface area (Å²) in [5, 5.41) is 3.59. The largest absolute Gasteiger partial charge is 0.350 e. The van der Waals surface area contributed by atoms with Crippen molar-refractivity contribution in [2.24, 2.45) is 10.9 Å². The highest BCUT2D eigenvalue weighted by Gasteiger charge is 2.33. The Morgan fingerprint density at radius 1 is 1.30 bits per heavy atom. The Morgan fingerprint density at radius 3 is 2.80 bits per heavy atom. The summed E-state index contributed by atoms with van der Waals surface area (Å²) in [7, 11) is 0. The van der Waals surface area contributed by atoms with Crippen LogP contribution in [0.25, 0.3) is 0 Å². The Morgan fingerprint density at radius 2 is 2.05 bits per heavy atom. The minimum atomic E-state index is 0.290. The maximum atomic E-state index is 4.72. The monoisotopic (exact) mass is 335 g/mol. The molecule has 0 amide bonds. The summed E-state index contributed by atoms with van der Waals surface area (Å²) < 4.78 is 1.12. The molecule has 2 unspecified atom stereocenters. The first kappa shape index (κ1) is 13.9. The van der Waals surface area contributed by atoms with Gasteiger partial charge in [0, 0.05) is 11.0 Å². The number of fused-ring (bicyclic) bond motifs is 1. The lowest BCUT2D eigenvalue weighted by atomic mass is 9.95. The van der Waals surface area contributed by atoms with E-state index in [1.807, 2.05) is 0 Å². The summed E-state index contributed by atoms with van der Waals surface area (Å²) in [6.45, 7) is 6.64. The molecule has 2 aliphatic rings. The van der Waals surface area contributed by atoms with Gasteiger partial charge < -0.3 is 10.2 Å².